The van der Waals surface area contributed by atoms with Gasteiger partial charge in [0, 0.05) is 90.0 Å². The van der Waals surface area contributed by atoms with E-state index in [4.69, 9.17) is 28.4 Å². The first-order chi connectivity index (χ1) is 35.6. The number of rotatable bonds is 25. The summed E-state index contributed by atoms with van der Waals surface area (Å²) in [5, 5.41) is 17.7. The molecule has 3 unspecified atom stereocenters. The second-order valence-corrected chi connectivity index (χ2v) is 20.5. The van der Waals surface area contributed by atoms with E-state index in [9.17, 15) is 24.3 Å². The molecule has 2 fully saturated rings. The molecule has 0 spiro atoms. The van der Waals surface area contributed by atoms with E-state index in [0.29, 0.717) is 45.0 Å². The SMILES string of the molecule is COc1cc(-c2cn(C)c(=O)c3cnccc23)cc(OC)c1CN1CCN(CCOCCOCCOCCOCC(=O)NC(C(=O)N2CC(O)CC2C(=O)NCc2ccc(-c3scnc3C)cc2)C(C)(C)C)CC1. The molecule has 7 rings (SSSR count). The highest BCUT2D eigenvalue weighted by Crippen LogP contribution is 2.38. The first-order valence-electron chi connectivity index (χ1n) is 25.1. The smallest absolute Gasteiger partial charge is 0.259 e. The van der Waals surface area contributed by atoms with Gasteiger partial charge in [-0.15, -0.1) is 11.3 Å². The Kier molecular flexibility index (Phi) is 20.1. The highest BCUT2D eigenvalue weighted by molar-refractivity contribution is 7.13. The molecular formula is C54H72N8O11S. The van der Waals surface area contributed by atoms with Crippen molar-refractivity contribution in [3.8, 4) is 33.1 Å². The van der Waals surface area contributed by atoms with Crippen molar-refractivity contribution in [2.45, 2.75) is 65.4 Å². The number of likely N-dealkylation sites (tertiary alicyclic amines) is 1. The number of hydrogen-bond donors (Lipinski definition) is 3. The summed E-state index contributed by atoms with van der Waals surface area (Å²) in [5.41, 5.74) is 6.69. The third-order valence-electron chi connectivity index (χ3n) is 13.4. The van der Waals surface area contributed by atoms with Gasteiger partial charge >= 0.3 is 0 Å². The maximum absolute atomic E-state index is 14.0. The molecule has 3 N–H and O–H groups in total. The Hall–Kier alpha value is -5.84. The van der Waals surface area contributed by atoms with Gasteiger partial charge in [0.05, 0.1) is 93.6 Å². The van der Waals surface area contributed by atoms with Crippen molar-refractivity contribution in [2.75, 3.05) is 106 Å². The largest absolute Gasteiger partial charge is 0.496 e. The van der Waals surface area contributed by atoms with Crippen LogP contribution >= 0.6 is 11.3 Å². The maximum atomic E-state index is 14.0. The number of ether oxygens (including phenoxy) is 6. The standard InChI is InChI=1S/C54H72N8O11S/c1-36-49(74-35-57-36)38-10-8-37(9-11-38)29-56-51(65)45-28-40(63)31-62(45)53(67)50(54(2,3)4)58-48(64)34-73-25-24-72-23-22-71-21-20-70-19-18-60-14-16-61(17-15-60)33-44-46(68-6)26-39(27-47(44)69-7)43-32-59(5)52(66)42-30-55-13-12-41(42)43/h8-13,26-27,30,32,35,40,45,50,63H,14-25,28-29,31,33-34H2,1-7H3,(H,56,65)(H,58,64). The third-order valence-corrected chi connectivity index (χ3v) is 14.3. The van der Waals surface area contributed by atoms with Gasteiger partial charge < -0.3 is 53.6 Å². The van der Waals surface area contributed by atoms with Crippen molar-refractivity contribution >= 4 is 39.8 Å². The molecule has 3 atom stereocenters. The number of carbonyl (C=O) groups is 3. The molecule has 5 heterocycles. The van der Waals surface area contributed by atoms with Crippen molar-refractivity contribution in [1.82, 2.24) is 39.9 Å². The minimum absolute atomic E-state index is 0.0147. The Morgan fingerprint density at radius 2 is 1.49 bits per heavy atom. The number of nitrogens with zero attached hydrogens (tertiary/aromatic N) is 6. The molecule has 5 aromatic rings. The molecule has 0 saturated carbocycles. The van der Waals surface area contributed by atoms with Crippen LogP contribution in [0.5, 0.6) is 11.5 Å². The summed E-state index contributed by atoms with van der Waals surface area (Å²) in [5.74, 6) is 0.169. The summed E-state index contributed by atoms with van der Waals surface area (Å²) in [4.78, 5) is 68.9. The Bertz CT molecular complexity index is 2690. The van der Waals surface area contributed by atoms with E-state index in [-0.39, 0.29) is 50.8 Å². The summed E-state index contributed by atoms with van der Waals surface area (Å²) >= 11 is 1.57. The Labute approximate surface area is 437 Å². The molecule has 0 radical (unpaired) electrons. The van der Waals surface area contributed by atoms with E-state index in [0.717, 1.165) is 88.0 Å². The molecule has 2 aliphatic rings. The number of fused-ring (bicyclic) bond motifs is 1. The normalized spacial score (nSPS) is 16.9. The fraction of sp³-hybridized carbons (Fsp3) is 0.519. The number of pyridine rings is 2. The molecule has 2 aromatic carbocycles. The van der Waals surface area contributed by atoms with E-state index in [1.807, 2.05) is 81.9 Å². The van der Waals surface area contributed by atoms with Crippen molar-refractivity contribution < 1.29 is 47.9 Å². The number of aryl methyl sites for hydroxylation is 2. The van der Waals surface area contributed by atoms with Crippen LogP contribution < -0.4 is 25.7 Å². The van der Waals surface area contributed by atoms with E-state index >= 15 is 0 Å². The number of aliphatic hydroxyl groups is 1. The van der Waals surface area contributed by atoms with E-state index < -0.39 is 35.4 Å². The number of thiazole rings is 1. The molecule has 400 valence electrons. The van der Waals surface area contributed by atoms with Crippen molar-refractivity contribution in [2.24, 2.45) is 12.5 Å². The predicted octanol–water partition coefficient (Wildman–Crippen LogP) is 4.04. The van der Waals surface area contributed by atoms with Gasteiger partial charge in [0.1, 0.15) is 30.2 Å². The zero-order valence-electron chi connectivity index (χ0n) is 43.7. The van der Waals surface area contributed by atoms with Crippen LogP contribution in [0.2, 0.25) is 0 Å². The zero-order chi connectivity index (χ0) is 52.8. The topological polar surface area (TPSA) is 208 Å². The molecule has 19 nitrogen and oxygen atoms in total. The minimum Gasteiger partial charge on any atom is -0.496 e. The quantitative estimate of drug-likeness (QED) is 0.0706. The van der Waals surface area contributed by atoms with Gasteiger partial charge in [0.15, 0.2) is 0 Å². The average molecular weight is 1040 g/mol. The van der Waals surface area contributed by atoms with Gasteiger partial charge in [-0.1, -0.05) is 45.0 Å². The number of aliphatic hydroxyl groups excluding tert-OH is 1. The molecule has 0 aliphatic carbocycles. The van der Waals surface area contributed by atoms with Crippen LogP contribution in [-0.4, -0.2) is 177 Å². The molecule has 2 saturated heterocycles. The summed E-state index contributed by atoms with van der Waals surface area (Å²) in [6.07, 6.45) is 4.37. The Morgan fingerprint density at radius 1 is 0.851 bits per heavy atom. The monoisotopic (exact) mass is 1040 g/mol. The number of methoxy groups -OCH3 is 2. The van der Waals surface area contributed by atoms with Gasteiger partial charge in [-0.25, -0.2) is 4.98 Å². The van der Waals surface area contributed by atoms with Crippen LogP contribution in [-0.2, 0) is 53.5 Å². The number of benzene rings is 2. The van der Waals surface area contributed by atoms with Crippen molar-refractivity contribution in [1.29, 1.82) is 0 Å². The number of aromatic nitrogens is 3. The average Bonchev–Trinajstić information content (AvgIpc) is 4.02. The van der Waals surface area contributed by atoms with Crippen molar-refractivity contribution in [3.63, 3.8) is 0 Å². The van der Waals surface area contributed by atoms with E-state index in [1.54, 1.807) is 49.6 Å². The summed E-state index contributed by atoms with van der Waals surface area (Å²) in [7, 11) is 5.07. The maximum Gasteiger partial charge on any atom is 0.259 e. The van der Waals surface area contributed by atoms with Gasteiger partial charge in [0.2, 0.25) is 17.7 Å². The first kappa shape index (κ1) is 55.9. The number of carbonyl (C=O) groups excluding carboxylic acids is 3. The van der Waals surface area contributed by atoms with Crippen LogP contribution in [0.25, 0.3) is 32.3 Å². The molecular weight excluding hydrogens is 969 g/mol. The third kappa shape index (κ3) is 14.7. The lowest BCUT2D eigenvalue weighted by molar-refractivity contribution is -0.144. The second kappa shape index (κ2) is 26.6. The van der Waals surface area contributed by atoms with Gasteiger partial charge in [-0.05, 0) is 52.6 Å². The molecule has 74 heavy (non-hydrogen) atoms. The van der Waals surface area contributed by atoms with Gasteiger partial charge in [-0.3, -0.25) is 34.0 Å². The Morgan fingerprint density at radius 3 is 2.11 bits per heavy atom. The highest BCUT2D eigenvalue weighted by Gasteiger charge is 2.44. The zero-order valence-corrected chi connectivity index (χ0v) is 44.5. The number of hydrogen-bond acceptors (Lipinski definition) is 16. The summed E-state index contributed by atoms with van der Waals surface area (Å²) in [6, 6.07) is 11.9. The summed E-state index contributed by atoms with van der Waals surface area (Å²) < 4.78 is 36.1. The van der Waals surface area contributed by atoms with Gasteiger partial charge in [0.25, 0.3) is 5.56 Å². The fourth-order valence-electron chi connectivity index (χ4n) is 9.23. The summed E-state index contributed by atoms with van der Waals surface area (Å²) in [6.45, 7) is 15.1. The predicted molar refractivity (Wildman–Crippen MR) is 282 cm³/mol. The molecule has 20 heteroatoms. The number of amides is 3. The number of piperazine rings is 1. The second-order valence-electron chi connectivity index (χ2n) is 19.7. The van der Waals surface area contributed by atoms with E-state index in [2.05, 4.69) is 30.4 Å². The molecule has 3 amide bonds. The molecule has 2 aliphatic heterocycles. The van der Waals surface area contributed by atoms with Gasteiger partial charge in [-0.2, -0.15) is 0 Å². The van der Waals surface area contributed by atoms with Crippen LogP contribution in [0.15, 0.2) is 71.4 Å². The lowest BCUT2D eigenvalue weighted by Gasteiger charge is -2.35. The van der Waals surface area contributed by atoms with Crippen LogP contribution in [0.1, 0.15) is 44.0 Å². The van der Waals surface area contributed by atoms with Crippen LogP contribution in [0.3, 0.4) is 0 Å². The van der Waals surface area contributed by atoms with Crippen LogP contribution in [0.4, 0.5) is 0 Å². The van der Waals surface area contributed by atoms with E-state index in [1.165, 1.54) is 4.90 Å². The number of nitrogens with one attached hydrogen (secondary N) is 2. The lowest BCUT2D eigenvalue weighted by Crippen LogP contribution is -2.58. The number of β-amino-alcohol motifs (C(OH)–C–C–N with tert-alkyl or cyclic N) is 1. The highest BCUT2D eigenvalue weighted by atomic mass is 32.1. The minimum atomic E-state index is -0.962. The molecule has 3 aromatic heterocycles. The first-order valence-corrected chi connectivity index (χ1v) is 26.0. The van der Waals surface area contributed by atoms with Crippen LogP contribution in [0, 0.1) is 12.3 Å². The fourth-order valence-corrected chi connectivity index (χ4v) is 10.0. The lowest BCUT2D eigenvalue weighted by atomic mass is 9.85. The molecule has 0 bridgehead atoms. The Balaban J connectivity index is 0.730. The van der Waals surface area contributed by atoms with Crippen molar-refractivity contribution in [3.05, 3.63) is 93.7 Å².